The van der Waals surface area contributed by atoms with Crippen LogP contribution in [-0.4, -0.2) is 112 Å². The third-order valence-electron chi connectivity index (χ3n) is 10.2. The van der Waals surface area contributed by atoms with Gasteiger partial charge in [0.1, 0.15) is 74.1 Å². The van der Waals surface area contributed by atoms with E-state index in [1.165, 1.54) is 61.5 Å². The number of hydrogen-bond donors (Lipinski definition) is 1. The van der Waals surface area contributed by atoms with Crippen molar-refractivity contribution >= 4 is 30.0 Å². The summed E-state index contributed by atoms with van der Waals surface area (Å²) in [4.78, 5) is 49.3. The summed E-state index contributed by atoms with van der Waals surface area (Å²) in [6.07, 6.45) is 6.55. The van der Waals surface area contributed by atoms with Crippen LogP contribution in [0.25, 0.3) is 6.08 Å². The van der Waals surface area contributed by atoms with Crippen LogP contribution in [-0.2, 0) is 54.1 Å². The van der Waals surface area contributed by atoms with Crippen LogP contribution in [0.2, 0.25) is 0 Å². The van der Waals surface area contributed by atoms with Gasteiger partial charge in [-0.15, -0.1) is 0 Å². The lowest BCUT2D eigenvalue weighted by Crippen LogP contribution is -2.59. The maximum atomic E-state index is 12.9. The molecule has 16 heteroatoms. The molecule has 3 heterocycles. The van der Waals surface area contributed by atoms with Gasteiger partial charge >= 0.3 is 23.9 Å². The maximum absolute atomic E-state index is 12.9. The number of hydrogen-bond acceptors (Lipinski definition) is 16. The van der Waals surface area contributed by atoms with E-state index in [0.717, 1.165) is 51.7 Å². The Morgan fingerprint density at radius 2 is 1.27 bits per heavy atom. The molecule has 5 unspecified atom stereocenters. The minimum atomic E-state index is -0.698. The fourth-order valence-electron chi connectivity index (χ4n) is 6.65. The average molecular weight is 863 g/mol. The van der Waals surface area contributed by atoms with Gasteiger partial charge in [0.05, 0.1) is 37.6 Å². The first kappa shape index (κ1) is 46.3. The molecule has 3 aromatic rings. The third-order valence-corrected chi connectivity index (χ3v) is 10.2. The molecule has 3 fully saturated rings. The topological polar surface area (TPSA) is 193 Å². The molecule has 0 radical (unpaired) electrons. The first-order valence-corrected chi connectivity index (χ1v) is 20.8. The lowest BCUT2D eigenvalue weighted by Gasteiger charge is -2.43. The number of esters is 4. The number of aliphatic hydroxyl groups excluding tert-OH is 1. The average Bonchev–Trinajstić information content (AvgIpc) is 4.02. The highest BCUT2D eigenvalue weighted by molar-refractivity contribution is 5.91. The Kier molecular flexibility index (Phi) is 17.4. The highest BCUT2D eigenvalue weighted by Gasteiger charge is 2.45. The summed E-state index contributed by atoms with van der Waals surface area (Å²) in [5, 5.41) is 9.94. The van der Waals surface area contributed by atoms with Crippen LogP contribution in [0.5, 0.6) is 17.2 Å². The van der Waals surface area contributed by atoms with E-state index in [0.29, 0.717) is 35.8 Å². The van der Waals surface area contributed by atoms with Crippen LogP contribution in [0.4, 0.5) is 0 Å². The summed E-state index contributed by atoms with van der Waals surface area (Å²) in [5.74, 6) is -1.24. The van der Waals surface area contributed by atoms with Crippen molar-refractivity contribution in [2.24, 2.45) is 0 Å². The lowest BCUT2D eigenvalue weighted by molar-refractivity contribution is -0.328. The molecule has 3 aliphatic heterocycles. The summed E-state index contributed by atoms with van der Waals surface area (Å²) < 4.78 is 61.1. The molecule has 0 saturated carbocycles. The number of fused-ring (bicyclic) bond motifs is 1. The fraction of sp³-hybridized carbons (Fsp3) is 0.478. The monoisotopic (exact) mass is 862 g/mol. The number of carbonyl (C=O) groups excluding carboxylic acids is 4. The van der Waals surface area contributed by atoms with Crippen molar-refractivity contribution in [1.82, 2.24) is 0 Å². The number of unbranched alkanes of at least 4 members (excludes halogenated alkanes) is 5. The van der Waals surface area contributed by atoms with Crippen LogP contribution in [0, 0.1) is 0 Å². The van der Waals surface area contributed by atoms with E-state index in [1.54, 1.807) is 24.3 Å². The number of ether oxygens (including phenoxy) is 11. The highest BCUT2D eigenvalue weighted by atomic mass is 16.8. The number of epoxide rings is 1. The Morgan fingerprint density at radius 1 is 0.726 bits per heavy atom. The van der Waals surface area contributed by atoms with Crippen molar-refractivity contribution in [3.8, 4) is 17.2 Å². The molecular formula is C46H54O16. The smallest absolute Gasteiger partial charge is 0.338 e. The van der Waals surface area contributed by atoms with Gasteiger partial charge in [-0.2, -0.15) is 0 Å². The predicted octanol–water partition coefficient (Wildman–Crippen LogP) is 5.74. The summed E-state index contributed by atoms with van der Waals surface area (Å²) >= 11 is 0. The summed E-state index contributed by atoms with van der Waals surface area (Å²) in [6.45, 7) is 5.34. The Balaban J connectivity index is 0.874. The Morgan fingerprint density at radius 3 is 1.82 bits per heavy atom. The van der Waals surface area contributed by atoms with Gasteiger partial charge in [0.2, 0.25) is 0 Å². The van der Waals surface area contributed by atoms with Crippen molar-refractivity contribution in [1.29, 1.82) is 0 Å². The first-order chi connectivity index (χ1) is 30.1. The molecule has 1 N–H and O–H groups in total. The van der Waals surface area contributed by atoms with Gasteiger partial charge in [-0.05, 0) is 92.1 Å². The van der Waals surface area contributed by atoms with Crippen molar-refractivity contribution in [2.75, 3.05) is 53.2 Å². The summed E-state index contributed by atoms with van der Waals surface area (Å²) in [5.41, 5.74) is 1.72. The fourth-order valence-corrected chi connectivity index (χ4v) is 6.65. The van der Waals surface area contributed by atoms with E-state index in [4.69, 9.17) is 52.1 Å². The van der Waals surface area contributed by atoms with E-state index < -0.39 is 48.3 Å². The summed E-state index contributed by atoms with van der Waals surface area (Å²) in [6, 6.07) is 17.1. The Hall–Kier alpha value is -5.20. The predicted molar refractivity (Wildman–Crippen MR) is 219 cm³/mol. The van der Waals surface area contributed by atoms with Crippen molar-refractivity contribution < 1.29 is 76.4 Å². The molecule has 334 valence electrons. The van der Waals surface area contributed by atoms with Gasteiger partial charge in [0.15, 0.2) is 0 Å². The number of rotatable bonds is 23. The molecule has 3 aromatic carbocycles. The largest absolute Gasteiger partial charge is 0.493 e. The molecule has 3 aliphatic rings. The number of carbonyl (C=O) groups is 4. The zero-order valence-corrected chi connectivity index (χ0v) is 35.0. The van der Waals surface area contributed by atoms with Gasteiger partial charge in [-0.3, -0.25) is 4.79 Å². The molecule has 0 bridgehead atoms. The molecule has 6 rings (SSSR count). The third kappa shape index (κ3) is 14.4. The van der Waals surface area contributed by atoms with E-state index in [9.17, 15) is 24.3 Å². The van der Waals surface area contributed by atoms with Gasteiger partial charge in [0.25, 0.3) is 0 Å². The maximum Gasteiger partial charge on any atom is 0.338 e. The van der Waals surface area contributed by atoms with Gasteiger partial charge in [0, 0.05) is 25.2 Å². The second-order valence-electron chi connectivity index (χ2n) is 15.3. The molecule has 0 amide bonds. The van der Waals surface area contributed by atoms with Crippen LogP contribution in [0.1, 0.15) is 84.2 Å². The SMILES string of the molecule is CC(=O)Oc1ccc(C(=O)OCC2OCOC3C(COC(=O)c4ccc(OC(=O)/C=C/c5ccc(OCCCCCCCCOCC6(C)CO6)c(CO)c5)cc4)OCOC23)cc1. The van der Waals surface area contributed by atoms with Crippen LogP contribution in [0.3, 0.4) is 0 Å². The van der Waals surface area contributed by atoms with Crippen LogP contribution in [0.15, 0.2) is 72.8 Å². The minimum Gasteiger partial charge on any atom is -0.493 e. The molecule has 62 heavy (non-hydrogen) atoms. The van der Waals surface area contributed by atoms with Gasteiger partial charge < -0.3 is 57.2 Å². The van der Waals surface area contributed by atoms with Gasteiger partial charge in [-0.25, -0.2) is 14.4 Å². The van der Waals surface area contributed by atoms with E-state index in [1.807, 2.05) is 0 Å². The molecular weight excluding hydrogens is 808 g/mol. The van der Waals surface area contributed by atoms with Crippen molar-refractivity contribution in [3.05, 3.63) is 95.1 Å². The van der Waals surface area contributed by atoms with E-state index in [-0.39, 0.29) is 55.9 Å². The lowest BCUT2D eigenvalue weighted by atomic mass is 10.0. The highest BCUT2D eigenvalue weighted by Crippen LogP contribution is 2.28. The van der Waals surface area contributed by atoms with Crippen molar-refractivity contribution in [3.63, 3.8) is 0 Å². The Bertz CT molecular complexity index is 1960. The molecule has 0 aromatic heterocycles. The van der Waals surface area contributed by atoms with Crippen molar-refractivity contribution in [2.45, 2.75) is 89.0 Å². The number of aliphatic hydroxyl groups is 1. The minimum absolute atomic E-state index is 0.0492. The standard InChI is InChI=1S/C46H54O16/c1-31(48)61-36-15-11-33(12-16-36)44(50)54-25-39-42-43(59-29-56-39)40(57-30-58-42)26-55-45(51)34-13-17-37(18-14-34)62-41(49)20-10-32-9-19-38(35(23-32)24-47)53-22-8-6-4-3-5-7-21-52-27-46(2)28-60-46/h9-20,23,39-40,42-43,47H,3-8,21-22,24-30H2,1-2H3/b20-10+. The molecule has 0 aliphatic carbocycles. The van der Waals surface area contributed by atoms with E-state index >= 15 is 0 Å². The first-order valence-electron chi connectivity index (χ1n) is 20.8. The quantitative estimate of drug-likeness (QED) is 0.0398. The zero-order chi connectivity index (χ0) is 43.7. The number of benzene rings is 3. The van der Waals surface area contributed by atoms with Crippen LogP contribution < -0.4 is 14.2 Å². The van der Waals surface area contributed by atoms with E-state index in [2.05, 4.69) is 6.92 Å². The second kappa shape index (κ2) is 23.3. The molecule has 16 nitrogen and oxygen atoms in total. The normalized spacial score (nSPS) is 21.7. The zero-order valence-electron chi connectivity index (χ0n) is 35.0. The Labute approximate surface area is 360 Å². The molecule has 3 saturated heterocycles. The molecule has 0 spiro atoms. The summed E-state index contributed by atoms with van der Waals surface area (Å²) in [7, 11) is 0. The van der Waals surface area contributed by atoms with Gasteiger partial charge in [-0.1, -0.05) is 31.7 Å². The second-order valence-corrected chi connectivity index (χ2v) is 15.3. The van der Waals surface area contributed by atoms with Crippen LogP contribution >= 0.6 is 0 Å². The molecule has 5 atom stereocenters.